The Kier molecular flexibility index (Phi) is 41.9. The fourth-order valence-corrected chi connectivity index (χ4v) is 14.1. The van der Waals surface area contributed by atoms with E-state index in [0.717, 1.165) is 145 Å². The van der Waals surface area contributed by atoms with Crippen LogP contribution in [0.2, 0.25) is 0 Å². The van der Waals surface area contributed by atoms with E-state index in [1.807, 2.05) is 0 Å². The molecule has 0 atom stereocenters. The molecule has 0 radical (unpaired) electrons. The first-order valence-corrected chi connectivity index (χ1v) is 42.5. The van der Waals surface area contributed by atoms with Crippen molar-refractivity contribution < 1.29 is 18.9 Å². The fourth-order valence-electron chi connectivity index (χ4n) is 14.1. The Morgan fingerprint density at radius 1 is 0.221 bits per heavy atom. The van der Waals surface area contributed by atoms with Gasteiger partial charge in [-0.3, -0.25) is 0 Å². The second-order valence-electron chi connectivity index (χ2n) is 30.4. The lowest BCUT2D eigenvalue weighted by molar-refractivity contribution is 0.295. The van der Waals surface area contributed by atoms with Gasteiger partial charge in [-0.25, -0.2) is 0 Å². The average Bonchev–Trinajstić information content (AvgIpc) is 0.826. The van der Waals surface area contributed by atoms with E-state index in [-0.39, 0.29) is 0 Å². The number of hydrogen-bond donors (Lipinski definition) is 0. The summed E-state index contributed by atoms with van der Waals surface area (Å²) < 4.78 is 27.3. The van der Waals surface area contributed by atoms with Crippen molar-refractivity contribution in [3.63, 3.8) is 0 Å². The molecule has 4 aliphatic carbocycles. The number of benzene rings is 6. The van der Waals surface area contributed by atoms with Crippen molar-refractivity contribution in [2.45, 2.75) is 338 Å². The Labute approximate surface area is 636 Å². The van der Waals surface area contributed by atoms with Gasteiger partial charge < -0.3 is 18.9 Å². The number of unbranched alkanes of at least 4 members (excludes halogenated alkanes) is 36. The molecule has 4 aliphatic rings. The zero-order valence-electron chi connectivity index (χ0n) is 66.8. The molecule has 10 rings (SSSR count). The van der Waals surface area contributed by atoms with Crippen molar-refractivity contribution in [3.05, 3.63) is 186 Å². The van der Waals surface area contributed by atoms with Gasteiger partial charge in [0.15, 0.2) is 0 Å². The van der Waals surface area contributed by atoms with Gasteiger partial charge >= 0.3 is 0 Å². The molecular formula is C100H136O4. The molecular weight excluding hydrogens is 1270 g/mol. The highest BCUT2D eigenvalue weighted by molar-refractivity contribution is 5.64. The maximum atomic E-state index is 6.85. The van der Waals surface area contributed by atoms with E-state index in [4.69, 9.17) is 18.9 Å². The lowest BCUT2D eigenvalue weighted by Gasteiger charge is -2.15. The van der Waals surface area contributed by atoms with Gasteiger partial charge in [0.2, 0.25) is 0 Å². The third-order valence-electron chi connectivity index (χ3n) is 21.0. The van der Waals surface area contributed by atoms with Crippen LogP contribution in [0.5, 0.6) is 23.0 Å². The predicted molar refractivity (Wildman–Crippen MR) is 446 cm³/mol. The van der Waals surface area contributed by atoms with E-state index in [0.29, 0.717) is 26.4 Å². The highest BCUT2D eigenvalue weighted by atomic mass is 16.5. The minimum Gasteiger partial charge on any atom is -0.492 e. The number of aryl methyl sites for hydroxylation is 8. The molecule has 0 heterocycles. The van der Waals surface area contributed by atoms with Crippen LogP contribution in [0.1, 0.15) is 374 Å². The van der Waals surface area contributed by atoms with E-state index in [2.05, 4.69) is 200 Å². The molecule has 4 bridgehead atoms. The monoisotopic (exact) mass is 1400 g/mol. The zero-order chi connectivity index (χ0) is 73.3. The molecule has 0 saturated carbocycles. The third-order valence-corrected chi connectivity index (χ3v) is 21.0. The SMILES string of the molecule is CCCCCCCCCCCCOc1cc(C#Cc2cc3ccc2CCc2ccc(cc2C#Cc2cc(OCCCCCCCCCCCC)c(C#Cc4cc(C)ccc4C)cc2OCCCCCCCCCCCC)CC3)c(OCCCCCCCCCCCC)cc1C#Cc1cc(C)ccc1C. The molecule has 0 aromatic heterocycles. The average molecular weight is 1400 g/mol. The molecule has 104 heavy (non-hydrogen) atoms. The lowest BCUT2D eigenvalue weighted by atomic mass is 9.91. The molecule has 0 spiro atoms. The Morgan fingerprint density at radius 3 is 0.712 bits per heavy atom. The van der Waals surface area contributed by atoms with Crippen LogP contribution in [0.4, 0.5) is 0 Å². The second-order valence-corrected chi connectivity index (χ2v) is 30.4. The summed E-state index contributed by atoms with van der Waals surface area (Å²) in [5.74, 6) is 32.4. The Balaban J connectivity index is 1.17. The van der Waals surface area contributed by atoms with E-state index in [1.165, 1.54) is 250 Å². The van der Waals surface area contributed by atoms with Crippen molar-refractivity contribution in [2.24, 2.45) is 0 Å². The topological polar surface area (TPSA) is 36.9 Å². The third kappa shape index (κ3) is 33.1. The van der Waals surface area contributed by atoms with Crippen LogP contribution < -0.4 is 18.9 Å². The number of rotatable bonds is 48. The summed E-state index contributed by atoms with van der Waals surface area (Å²) in [4.78, 5) is 0. The summed E-state index contributed by atoms with van der Waals surface area (Å²) in [6.07, 6.45) is 54.4. The molecule has 0 aliphatic heterocycles. The molecule has 6 aromatic rings. The first kappa shape index (κ1) is 84.0. The highest BCUT2D eigenvalue weighted by Crippen LogP contribution is 2.33. The van der Waals surface area contributed by atoms with E-state index in [9.17, 15) is 0 Å². The predicted octanol–water partition coefficient (Wildman–Crippen LogP) is 27.6. The maximum Gasteiger partial charge on any atom is 0.136 e. The van der Waals surface area contributed by atoms with Gasteiger partial charge in [0.05, 0.1) is 48.7 Å². The molecule has 0 N–H and O–H groups in total. The first-order valence-electron chi connectivity index (χ1n) is 42.5. The Bertz CT molecular complexity index is 3460. The molecule has 0 unspecified atom stereocenters. The van der Waals surface area contributed by atoms with Crippen molar-refractivity contribution in [2.75, 3.05) is 26.4 Å². The maximum absolute atomic E-state index is 6.85. The highest BCUT2D eigenvalue weighted by Gasteiger charge is 2.16. The molecule has 0 fully saturated rings. The van der Waals surface area contributed by atoms with Crippen molar-refractivity contribution in [1.82, 2.24) is 0 Å². The smallest absolute Gasteiger partial charge is 0.136 e. The Morgan fingerprint density at radius 2 is 0.452 bits per heavy atom. The zero-order valence-corrected chi connectivity index (χ0v) is 66.8. The summed E-state index contributed by atoms with van der Waals surface area (Å²) in [6, 6.07) is 35.5. The van der Waals surface area contributed by atoms with Crippen LogP contribution in [0.3, 0.4) is 0 Å². The van der Waals surface area contributed by atoms with Crippen molar-refractivity contribution in [3.8, 4) is 70.4 Å². The van der Waals surface area contributed by atoms with E-state index >= 15 is 0 Å². The molecule has 560 valence electrons. The van der Waals surface area contributed by atoms with Gasteiger partial charge in [-0.15, -0.1) is 0 Å². The van der Waals surface area contributed by atoms with Gasteiger partial charge in [0, 0.05) is 46.5 Å². The summed E-state index contributed by atoms with van der Waals surface area (Å²) in [5, 5.41) is 0. The molecule has 4 heteroatoms. The van der Waals surface area contributed by atoms with Gasteiger partial charge in [0.25, 0.3) is 0 Å². The lowest BCUT2D eigenvalue weighted by Crippen LogP contribution is -2.04. The van der Waals surface area contributed by atoms with Crippen LogP contribution in [-0.2, 0) is 25.7 Å². The van der Waals surface area contributed by atoms with Crippen LogP contribution >= 0.6 is 0 Å². The van der Waals surface area contributed by atoms with Gasteiger partial charge in [0.1, 0.15) is 23.0 Å². The minimum atomic E-state index is 0.634. The number of ether oxygens (including phenoxy) is 4. The van der Waals surface area contributed by atoms with Gasteiger partial charge in [-0.1, -0.05) is 355 Å². The van der Waals surface area contributed by atoms with E-state index < -0.39 is 0 Å². The molecule has 4 nitrogen and oxygen atoms in total. The first-order chi connectivity index (χ1) is 51.1. The molecule has 0 saturated heterocycles. The van der Waals surface area contributed by atoms with Gasteiger partial charge in [-0.2, -0.15) is 0 Å². The number of hydrogen-bond acceptors (Lipinski definition) is 4. The molecule has 6 aromatic carbocycles. The van der Waals surface area contributed by atoms with Crippen LogP contribution in [-0.4, -0.2) is 26.4 Å². The van der Waals surface area contributed by atoms with Gasteiger partial charge in [-0.05, 0) is 148 Å². The summed E-state index contributed by atoms with van der Waals surface area (Å²) >= 11 is 0. The minimum absolute atomic E-state index is 0.634. The summed E-state index contributed by atoms with van der Waals surface area (Å²) in [6.45, 7) is 20.3. The Hall–Kier alpha value is -7.24. The summed E-state index contributed by atoms with van der Waals surface area (Å²) in [7, 11) is 0. The largest absolute Gasteiger partial charge is 0.492 e. The van der Waals surface area contributed by atoms with Crippen molar-refractivity contribution in [1.29, 1.82) is 0 Å². The fraction of sp³-hybridized carbons (Fsp3) is 0.560. The van der Waals surface area contributed by atoms with Crippen LogP contribution in [0.25, 0.3) is 0 Å². The second kappa shape index (κ2) is 51.9. The van der Waals surface area contributed by atoms with E-state index in [1.54, 1.807) is 0 Å². The normalized spacial score (nSPS) is 11.5. The summed E-state index contributed by atoms with van der Waals surface area (Å²) in [5.41, 5.74) is 17.3. The van der Waals surface area contributed by atoms with Crippen LogP contribution in [0.15, 0.2) is 97.1 Å². The quantitative estimate of drug-likeness (QED) is 0.0282. The standard InChI is InChI=1S/C100H136O4/c1-9-13-17-21-25-29-33-37-41-45-69-101-97-79-95(99(103-71-47-43-39-35-31-27-23-19-15-11-3)77-93(97)65-61-89-73-81(5)49-51-83(89)7)67-63-91-75-85-53-54-86-56-58-88(60-59-87(91)57-55-85)92(76-86)64-68-96-80-98(102-70-46-42-38-34-30-26-22-18-14-10-2)94(66-62-90-74-82(6)50-52-84(90)8)78-100(96)104-72-48-44-40-36-32-28-24-20-16-12-4/h49-52,55-58,73-80H,9-48,53-54,59-60,69-72H2,1-8H3. The van der Waals surface area contributed by atoms with Crippen LogP contribution in [0, 0.1) is 75.1 Å². The molecule has 0 amide bonds. The van der Waals surface area contributed by atoms with Crippen molar-refractivity contribution >= 4 is 0 Å².